The maximum atomic E-state index is 12.5. The van der Waals surface area contributed by atoms with Crippen molar-refractivity contribution >= 4 is 29.2 Å². The number of carbonyl (C=O) groups excluding carboxylic acids is 1. The molecule has 1 aliphatic carbocycles. The zero-order valence-electron chi connectivity index (χ0n) is 13.4. The topological polar surface area (TPSA) is 75.6 Å². The molecule has 2 aromatic rings. The number of carbonyl (C=O) groups is 2. The highest BCUT2D eigenvalue weighted by molar-refractivity contribution is 6.32. The van der Waals surface area contributed by atoms with Gasteiger partial charge in [-0.3, -0.25) is 9.59 Å². The first-order valence-corrected chi connectivity index (χ1v) is 8.47. The molecule has 3 rings (SSSR count). The number of anilines is 1. The average molecular weight is 360 g/mol. The van der Waals surface area contributed by atoms with Crippen LogP contribution in [0.5, 0.6) is 11.5 Å². The zero-order chi connectivity index (χ0) is 17.8. The molecule has 1 aliphatic rings. The molecule has 2 N–H and O–H groups in total. The molecule has 1 saturated carbocycles. The molecular formula is C19H18ClNO4. The Morgan fingerprint density at radius 1 is 1.00 bits per heavy atom. The average Bonchev–Trinajstić information content (AvgIpc) is 3.09. The van der Waals surface area contributed by atoms with Crippen molar-refractivity contribution in [3.05, 3.63) is 53.6 Å². The second-order valence-electron chi connectivity index (χ2n) is 6.06. The number of hydrogen-bond donors (Lipinski definition) is 2. The zero-order valence-corrected chi connectivity index (χ0v) is 14.2. The Kier molecular flexibility index (Phi) is 5.24. The van der Waals surface area contributed by atoms with E-state index >= 15 is 0 Å². The predicted molar refractivity (Wildman–Crippen MR) is 95.1 cm³/mol. The van der Waals surface area contributed by atoms with Crippen LogP contribution in [-0.4, -0.2) is 17.0 Å². The summed E-state index contributed by atoms with van der Waals surface area (Å²) in [4.78, 5) is 23.5. The van der Waals surface area contributed by atoms with Gasteiger partial charge in [0.25, 0.3) is 0 Å². The Balaban J connectivity index is 1.72. The lowest BCUT2D eigenvalue weighted by atomic mass is 10.0. The van der Waals surface area contributed by atoms with Gasteiger partial charge in [0.2, 0.25) is 5.91 Å². The van der Waals surface area contributed by atoms with Gasteiger partial charge in [-0.1, -0.05) is 35.9 Å². The summed E-state index contributed by atoms with van der Waals surface area (Å²) in [6.45, 7) is 0. The molecule has 6 heteroatoms. The smallest absolute Gasteiger partial charge is 0.306 e. The number of amides is 1. The lowest BCUT2D eigenvalue weighted by Gasteiger charge is -2.15. The number of hydrogen-bond acceptors (Lipinski definition) is 3. The molecule has 130 valence electrons. The highest BCUT2D eigenvalue weighted by Crippen LogP contribution is 2.35. The fraction of sp³-hybridized carbons (Fsp3) is 0.263. The van der Waals surface area contributed by atoms with Gasteiger partial charge in [-0.2, -0.15) is 0 Å². The number of carboxylic acids is 1. The molecule has 0 radical (unpaired) electrons. The van der Waals surface area contributed by atoms with E-state index < -0.39 is 11.9 Å². The van der Waals surface area contributed by atoms with E-state index in [4.69, 9.17) is 21.4 Å². The second-order valence-corrected chi connectivity index (χ2v) is 6.47. The molecule has 0 unspecified atom stereocenters. The van der Waals surface area contributed by atoms with E-state index in [-0.39, 0.29) is 11.8 Å². The summed E-state index contributed by atoms with van der Waals surface area (Å²) >= 11 is 6.11. The number of rotatable bonds is 5. The third kappa shape index (κ3) is 4.12. The van der Waals surface area contributed by atoms with Gasteiger partial charge in [0.05, 0.1) is 16.6 Å². The summed E-state index contributed by atoms with van der Waals surface area (Å²) in [5.41, 5.74) is 0.534. The molecule has 0 spiro atoms. The van der Waals surface area contributed by atoms with Gasteiger partial charge in [0.1, 0.15) is 5.75 Å². The van der Waals surface area contributed by atoms with Crippen molar-refractivity contribution < 1.29 is 19.4 Å². The summed E-state index contributed by atoms with van der Waals surface area (Å²) in [5.74, 6) is -0.772. The van der Waals surface area contributed by atoms with Crippen molar-refractivity contribution in [1.29, 1.82) is 0 Å². The Morgan fingerprint density at radius 2 is 1.64 bits per heavy atom. The Morgan fingerprint density at radius 3 is 2.32 bits per heavy atom. The standard InChI is InChI=1S/C19H18ClNO4/c20-14-5-1-3-7-16(14)25-17-8-4-2-6-15(17)21-18(22)12-9-10-13(11-12)19(23)24/h1-8,12-13H,9-11H2,(H,21,22)(H,23,24)/t12-,13+/m0/s1. The van der Waals surface area contributed by atoms with Crippen LogP contribution in [0.15, 0.2) is 48.5 Å². The van der Waals surface area contributed by atoms with Crippen LogP contribution in [0.2, 0.25) is 5.02 Å². The second kappa shape index (κ2) is 7.57. The van der Waals surface area contributed by atoms with Gasteiger partial charge in [-0.15, -0.1) is 0 Å². The number of nitrogens with one attached hydrogen (secondary N) is 1. The highest BCUT2D eigenvalue weighted by atomic mass is 35.5. The molecule has 0 aliphatic heterocycles. The van der Waals surface area contributed by atoms with Gasteiger partial charge >= 0.3 is 5.97 Å². The van der Waals surface area contributed by atoms with E-state index in [0.717, 1.165) is 0 Å². The monoisotopic (exact) mass is 359 g/mol. The summed E-state index contributed by atoms with van der Waals surface area (Å²) in [7, 11) is 0. The van der Waals surface area contributed by atoms with Crippen molar-refractivity contribution in [2.24, 2.45) is 11.8 Å². The first-order valence-electron chi connectivity index (χ1n) is 8.09. The highest BCUT2D eigenvalue weighted by Gasteiger charge is 2.34. The van der Waals surface area contributed by atoms with E-state index in [1.807, 2.05) is 12.1 Å². The SMILES string of the molecule is O=C(O)[C@@H]1CC[C@H](C(=O)Nc2ccccc2Oc2ccccc2Cl)C1. The minimum Gasteiger partial charge on any atom is -0.481 e. The maximum Gasteiger partial charge on any atom is 0.306 e. The van der Waals surface area contributed by atoms with E-state index in [1.54, 1.807) is 36.4 Å². The molecule has 5 nitrogen and oxygen atoms in total. The maximum absolute atomic E-state index is 12.5. The van der Waals surface area contributed by atoms with Gasteiger partial charge in [-0.05, 0) is 43.5 Å². The normalized spacial score (nSPS) is 19.4. The van der Waals surface area contributed by atoms with Crippen molar-refractivity contribution in [2.45, 2.75) is 19.3 Å². The summed E-state index contributed by atoms with van der Waals surface area (Å²) < 4.78 is 5.82. The summed E-state index contributed by atoms with van der Waals surface area (Å²) in [6, 6.07) is 14.2. The first-order chi connectivity index (χ1) is 12.0. The van der Waals surface area contributed by atoms with Crippen LogP contribution in [0, 0.1) is 11.8 Å². The Labute approximate surface area is 150 Å². The van der Waals surface area contributed by atoms with Crippen molar-refractivity contribution in [3.8, 4) is 11.5 Å². The largest absolute Gasteiger partial charge is 0.481 e. The number of halogens is 1. The lowest BCUT2D eigenvalue weighted by molar-refractivity contribution is -0.141. The van der Waals surface area contributed by atoms with Crippen LogP contribution in [0.25, 0.3) is 0 Å². The number of carboxylic acid groups (broad SMARTS) is 1. The summed E-state index contributed by atoms with van der Waals surface area (Å²) in [6.07, 6.45) is 1.48. The van der Waals surface area contributed by atoms with Crippen LogP contribution < -0.4 is 10.1 Å². The first kappa shape index (κ1) is 17.3. The van der Waals surface area contributed by atoms with Gasteiger partial charge in [0.15, 0.2) is 5.75 Å². The minimum absolute atomic E-state index is 0.182. The molecule has 2 atom stereocenters. The van der Waals surface area contributed by atoms with E-state index in [2.05, 4.69) is 5.32 Å². The third-order valence-electron chi connectivity index (χ3n) is 4.35. The third-order valence-corrected chi connectivity index (χ3v) is 4.67. The van der Waals surface area contributed by atoms with E-state index in [0.29, 0.717) is 41.5 Å². The number of para-hydroxylation sites is 3. The van der Waals surface area contributed by atoms with Crippen LogP contribution in [0.1, 0.15) is 19.3 Å². The van der Waals surface area contributed by atoms with Crippen molar-refractivity contribution in [2.75, 3.05) is 5.32 Å². The number of aliphatic carboxylic acids is 1. The molecule has 0 bridgehead atoms. The molecule has 25 heavy (non-hydrogen) atoms. The van der Waals surface area contributed by atoms with Crippen molar-refractivity contribution in [1.82, 2.24) is 0 Å². The molecule has 1 fully saturated rings. The molecule has 1 amide bonds. The van der Waals surface area contributed by atoms with Gasteiger partial charge in [-0.25, -0.2) is 0 Å². The molecule has 2 aromatic carbocycles. The van der Waals surface area contributed by atoms with Crippen LogP contribution in [0.3, 0.4) is 0 Å². The number of ether oxygens (including phenoxy) is 1. The molecule has 0 saturated heterocycles. The molecule has 0 heterocycles. The van der Waals surface area contributed by atoms with Crippen molar-refractivity contribution in [3.63, 3.8) is 0 Å². The van der Waals surface area contributed by atoms with Crippen LogP contribution in [-0.2, 0) is 9.59 Å². The van der Waals surface area contributed by atoms with E-state index in [1.165, 1.54) is 0 Å². The minimum atomic E-state index is -0.835. The van der Waals surface area contributed by atoms with Gasteiger partial charge < -0.3 is 15.2 Å². The summed E-state index contributed by atoms with van der Waals surface area (Å²) in [5, 5.41) is 12.4. The Hall–Kier alpha value is -2.53. The Bertz CT molecular complexity index is 792. The molecule has 0 aromatic heterocycles. The fourth-order valence-electron chi connectivity index (χ4n) is 2.98. The predicted octanol–water partition coefficient (Wildman–Crippen LogP) is 4.57. The quantitative estimate of drug-likeness (QED) is 0.819. The van der Waals surface area contributed by atoms with Crippen LogP contribution >= 0.6 is 11.6 Å². The number of benzene rings is 2. The van der Waals surface area contributed by atoms with E-state index in [9.17, 15) is 9.59 Å². The lowest BCUT2D eigenvalue weighted by Crippen LogP contribution is -2.22. The molecular weight excluding hydrogens is 342 g/mol. The van der Waals surface area contributed by atoms with Gasteiger partial charge in [0, 0.05) is 5.92 Å². The van der Waals surface area contributed by atoms with Crippen LogP contribution in [0.4, 0.5) is 5.69 Å². The fourth-order valence-corrected chi connectivity index (χ4v) is 3.16.